The highest BCUT2D eigenvalue weighted by molar-refractivity contribution is 5.83. The van der Waals surface area contributed by atoms with E-state index in [-0.39, 0.29) is 24.9 Å². The lowest BCUT2D eigenvalue weighted by Gasteiger charge is -2.05. The van der Waals surface area contributed by atoms with Crippen LogP contribution in [0.15, 0.2) is 6.20 Å². The van der Waals surface area contributed by atoms with Gasteiger partial charge in [0.25, 0.3) is 0 Å². The highest BCUT2D eigenvalue weighted by atomic mass is 16.5. The fourth-order valence-electron chi connectivity index (χ4n) is 2.15. The number of rotatable bonds is 6. The predicted octanol–water partition coefficient (Wildman–Crippen LogP) is 0.513. The number of amides is 2. The maximum Gasteiger partial charge on any atom is 0.412 e. The van der Waals surface area contributed by atoms with E-state index < -0.39 is 6.09 Å². The molecule has 0 bridgehead atoms. The third-order valence-corrected chi connectivity index (χ3v) is 3.45. The summed E-state index contributed by atoms with van der Waals surface area (Å²) in [6, 6.07) is 0. The minimum atomic E-state index is -0.614. The molecule has 0 unspecified atom stereocenters. The smallest absolute Gasteiger partial charge is 0.412 e. The van der Waals surface area contributed by atoms with Gasteiger partial charge < -0.3 is 10.1 Å². The van der Waals surface area contributed by atoms with Gasteiger partial charge in [-0.25, -0.2) is 4.79 Å². The van der Waals surface area contributed by atoms with Crippen LogP contribution in [0.5, 0.6) is 0 Å². The molecule has 2 rings (SSSR count). The van der Waals surface area contributed by atoms with E-state index >= 15 is 0 Å². The second kappa shape index (κ2) is 7.57. The van der Waals surface area contributed by atoms with Crippen LogP contribution >= 0.6 is 0 Å². The Morgan fingerprint density at radius 2 is 2.04 bits per heavy atom. The molecule has 0 aliphatic heterocycles. The van der Waals surface area contributed by atoms with Crippen LogP contribution in [0.3, 0.4) is 0 Å². The van der Waals surface area contributed by atoms with Gasteiger partial charge in [0.05, 0.1) is 18.5 Å². The zero-order valence-electron chi connectivity index (χ0n) is 14.2. The van der Waals surface area contributed by atoms with Crippen molar-refractivity contribution in [3.8, 4) is 0 Å². The number of anilines is 1. The van der Waals surface area contributed by atoms with Crippen molar-refractivity contribution in [2.45, 2.75) is 33.9 Å². The number of ether oxygens (including phenoxy) is 1. The van der Waals surface area contributed by atoms with E-state index in [0.29, 0.717) is 6.54 Å². The summed E-state index contributed by atoms with van der Waals surface area (Å²) in [7, 11) is 1.86. The van der Waals surface area contributed by atoms with E-state index in [2.05, 4.69) is 25.9 Å². The van der Waals surface area contributed by atoms with Gasteiger partial charge in [0, 0.05) is 24.8 Å². The highest BCUT2D eigenvalue weighted by Crippen LogP contribution is 2.11. The molecule has 0 aliphatic carbocycles. The van der Waals surface area contributed by atoms with E-state index in [1.165, 1.54) is 11.0 Å². The quantitative estimate of drug-likeness (QED) is 0.795. The first-order valence-corrected chi connectivity index (χ1v) is 7.50. The Kier molecular flexibility index (Phi) is 5.51. The summed E-state index contributed by atoms with van der Waals surface area (Å²) in [6.07, 6.45) is 0.733. The number of nitrogens with zero attached hydrogens (tertiary/aromatic N) is 5. The van der Waals surface area contributed by atoms with Gasteiger partial charge in [-0.15, -0.1) is 5.10 Å². The summed E-state index contributed by atoms with van der Waals surface area (Å²) in [5.74, 6) is -0.0175. The standard InChI is InChI=1S/C14H21N7O3/c1-5-24-14(23)17-12-7-16-21(19-12)8-13(22)15-6-11-9(2)18-20(4)10(11)3/h7H,5-6,8H2,1-4H3,(H,15,22)(H,17,19,23). The second-order valence-electron chi connectivity index (χ2n) is 5.16. The van der Waals surface area contributed by atoms with Gasteiger partial charge in [-0.3, -0.25) is 14.8 Å². The van der Waals surface area contributed by atoms with Gasteiger partial charge >= 0.3 is 6.09 Å². The normalized spacial score (nSPS) is 10.5. The summed E-state index contributed by atoms with van der Waals surface area (Å²) in [5.41, 5.74) is 2.88. The molecule has 2 heterocycles. The maximum absolute atomic E-state index is 12.0. The molecule has 2 aromatic heterocycles. The molecule has 0 aromatic carbocycles. The van der Waals surface area contributed by atoms with Gasteiger partial charge in [0.2, 0.25) is 5.91 Å². The second-order valence-corrected chi connectivity index (χ2v) is 5.16. The lowest BCUT2D eigenvalue weighted by atomic mass is 10.2. The Morgan fingerprint density at radius 3 is 2.67 bits per heavy atom. The molecule has 0 aliphatic rings. The first-order valence-electron chi connectivity index (χ1n) is 7.50. The first kappa shape index (κ1) is 17.4. The average Bonchev–Trinajstić information content (AvgIpc) is 3.03. The monoisotopic (exact) mass is 335 g/mol. The number of hydrogen-bond acceptors (Lipinski definition) is 6. The summed E-state index contributed by atoms with van der Waals surface area (Å²) in [5, 5.41) is 17.4. The Morgan fingerprint density at radius 1 is 1.29 bits per heavy atom. The van der Waals surface area contributed by atoms with E-state index in [1.54, 1.807) is 11.6 Å². The molecule has 0 saturated carbocycles. The van der Waals surface area contributed by atoms with Crippen molar-refractivity contribution in [1.82, 2.24) is 30.1 Å². The van der Waals surface area contributed by atoms with Crippen molar-refractivity contribution < 1.29 is 14.3 Å². The molecule has 2 N–H and O–H groups in total. The summed E-state index contributed by atoms with van der Waals surface area (Å²) >= 11 is 0. The van der Waals surface area contributed by atoms with Crippen LogP contribution in [0, 0.1) is 13.8 Å². The molecule has 2 amide bonds. The molecule has 0 spiro atoms. The zero-order chi connectivity index (χ0) is 17.7. The van der Waals surface area contributed by atoms with Crippen molar-refractivity contribution in [1.29, 1.82) is 0 Å². The highest BCUT2D eigenvalue weighted by Gasteiger charge is 2.12. The summed E-state index contributed by atoms with van der Waals surface area (Å²) in [6.45, 7) is 6.14. The summed E-state index contributed by atoms with van der Waals surface area (Å²) < 4.78 is 6.51. The van der Waals surface area contributed by atoms with Gasteiger partial charge in [0.15, 0.2) is 5.82 Å². The SMILES string of the molecule is CCOC(=O)Nc1cnn(CC(=O)NCc2c(C)nn(C)c2C)n1. The van der Waals surface area contributed by atoms with Crippen LogP contribution in [0.1, 0.15) is 23.9 Å². The number of carbonyl (C=O) groups is 2. The molecule has 0 saturated heterocycles. The molecule has 10 nitrogen and oxygen atoms in total. The minimum absolute atomic E-state index is 0.0527. The van der Waals surface area contributed by atoms with Crippen LogP contribution in [0.2, 0.25) is 0 Å². The lowest BCUT2D eigenvalue weighted by Crippen LogP contribution is -2.28. The van der Waals surface area contributed by atoms with Crippen LogP contribution in [0.25, 0.3) is 0 Å². The van der Waals surface area contributed by atoms with Crippen LogP contribution < -0.4 is 10.6 Å². The largest absolute Gasteiger partial charge is 0.450 e. The third-order valence-electron chi connectivity index (χ3n) is 3.45. The van der Waals surface area contributed by atoms with Gasteiger partial charge in [-0.05, 0) is 20.8 Å². The molecular weight excluding hydrogens is 314 g/mol. The third kappa shape index (κ3) is 4.31. The van der Waals surface area contributed by atoms with E-state index in [0.717, 1.165) is 17.0 Å². The molecule has 0 atom stereocenters. The lowest BCUT2D eigenvalue weighted by molar-refractivity contribution is -0.122. The number of nitrogens with one attached hydrogen (secondary N) is 2. The molecule has 24 heavy (non-hydrogen) atoms. The van der Waals surface area contributed by atoms with Gasteiger partial charge in [-0.1, -0.05) is 0 Å². The van der Waals surface area contributed by atoms with Crippen molar-refractivity contribution in [2.24, 2.45) is 7.05 Å². The molecule has 0 radical (unpaired) electrons. The van der Waals surface area contributed by atoms with E-state index in [4.69, 9.17) is 4.74 Å². The van der Waals surface area contributed by atoms with Crippen LogP contribution in [-0.4, -0.2) is 43.4 Å². The number of aromatic nitrogens is 5. The predicted molar refractivity (Wildman–Crippen MR) is 85.2 cm³/mol. The Hall–Kier alpha value is -2.91. The average molecular weight is 335 g/mol. The van der Waals surface area contributed by atoms with Gasteiger partial charge in [0.1, 0.15) is 6.54 Å². The zero-order valence-corrected chi connectivity index (χ0v) is 14.2. The molecule has 0 fully saturated rings. The number of carbonyl (C=O) groups excluding carboxylic acids is 2. The molecule has 10 heteroatoms. The fourth-order valence-corrected chi connectivity index (χ4v) is 2.15. The molecular formula is C14H21N7O3. The van der Waals surface area contributed by atoms with Crippen molar-refractivity contribution in [2.75, 3.05) is 11.9 Å². The minimum Gasteiger partial charge on any atom is -0.450 e. The number of aryl methyl sites for hydroxylation is 2. The Labute approximate surface area is 139 Å². The van der Waals surface area contributed by atoms with E-state index in [9.17, 15) is 9.59 Å². The van der Waals surface area contributed by atoms with Crippen molar-refractivity contribution in [3.05, 3.63) is 23.1 Å². The topological polar surface area (TPSA) is 116 Å². The summed E-state index contributed by atoms with van der Waals surface area (Å²) in [4.78, 5) is 24.5. The van der Waals surface area contributed by atoms with Crippen molar-refractivity contribution >= 4 is 17.8 Å². The maximum atomic E-state index is 12.0. The van der Waals surface area contributed by atoms with Crippen LogP contribution in [0.4, 0.5) is 10.6 Å². The van der Waals surface area contributed by atoms with Gasteiger partial charge in [-0.2, -0.15) is 15.0 Å². The van der Waals surface area contributed by atoms with E-state index in [1.807, 2.05) is 20.9 Å². The Balaban J connectivity index is 1.86. The Bertz CT molecular complexity index is 735. The molecule has 2 aromatic rings. The fraction of sp³-hybridized carbons (Fsp3) is 0.500. The molecule has 130 valence electrons. The van der Waals surface area contributed by atoms with Crippen molar-refractivity contribution in [3.63, 3.8) is 0 Å². The van der Waals surface area contributed by atoms with Crippen LogP contribution in [-0.2, 0) is 29.7 Å². The first-order chi connectivity index (χ1) is 11.4. The number of hydrogen-bond donors (Lipinski definition) is 2.